The minimum atomic E-state index is 0. The zero-order valence-electron chi connectivity index (χ0n) is 7.57. The molecule has 3 nitrogen and oxygen atoms in total. The molecule has 0 saturated carbocycles. The summed E-state index contributed by atoms with van der Waals surface area (Å²) in [5, 5.41) is 3.75. The second kappa shape index (κ2) is 5.39. The van der Waals surface area contributed by atoms with Crippen molar-refractivity contribution in [2.24, 2.45) is 0 Å². The number of rotatable bonds is 3. The van der Waals surface area contributed by atoms with E-state index < -0.39 is 0 Å². The lowest BCUT2D eigenvalue weighted by atomic mass is 10.1. The van der Waals surface area contributed by atoms with E-state index in [1.807, 2.05) is 6.07 Å². The van der Waals surface area contributed by atoms with Crippen molar-refractivity contribution in [2.75, 3.05) is 13.2 Å². The Morgan fingerprint density at radius 3 is 2.86 bits per heavy atom. The van der Waals surface area contributed by atoms with Gasteiger partial charge in [0.1, 0.15) is 17.5 Å². The van der Waals surface area contributed by atoms with Crippen molar-refractivity contribution in [3.63, 3.8) is 0 Å². The largest absolute Gasteiger partial charge is 0.490 e. The van der Waals surface area contributed by atoms with Crippen molar-refractivity contribution in [3.8, 4) is 5.75 Å². The van der Waals surface area contributed by atoms with Crippen LogP contribution in [0.25, 0.3) is 0 Å². The van der Waals surface area contributed by atoms with E-state index in [0.717, 1.165) is 12.3 Å². The Bertz CT molecular complexity index is 275. The summed E-state index contributed by atoms with van der Waals surface area (Å²) < 4.78 is 5.48. The van der Waals surface area contributed by atoms with Crippen LogP contribution >= 0.6 is 24.0 Å². The summed E-state index contributed by atoms with van der Waals surface area (Å²) in [5.74, 6) is 0.776. The van der Waals surface area contributed by atoms with E-state index in [-0.39, 0.29) is 12.4 Å². The van der Waals surface area contributed by atoms with E-state index >= 15 is 0 Å². The van der Waals surface area contributed by atoms with Crippen molar-refractivity contribution >= 4 is 24.0 Å². The highest BCUT2D eigenvalue weighted by molar-refractivity contribution is 6.29. The van der Waals surface area contributed by atoms with Crippen molar-refractivity contribution < 1.29 is 4.74 Å². The zero-order chi connectivity index (χ0) is 9.10. The number of halogens is 2. The number of nitrogens with one attached hydrogen (secondary N) is 1. The Kier molecular flexibility index (Phi) is 4.45. The van der Waals surface area contributed by atoms with E-state index in [1.165, 1.54) is 6.42 Å². The molecule has 78 valence electrons. The van der Waals surface area contributed by atoms with E-state index in [4.69, 9.17) is 16.3 Å². The number of hydrogen-bond donors (Lipinski definition) is 1. The lowest BCUT2D eigenvalue weighted by Crippen LogP contribution is -2.46. The molecule has 2 heterocycles. The second-order valence-electron chi connectivity index (χ2n) is 3.07. The molecule has 14 heavy (non-hydrogen) atoms. The quantitative estimate of drug-likeness (QED) is 0.812. The molecule has 1 aromatic rings. The average Bonchev–Trinajstić information content (AvgIpc) is 2.05. The van der Waals surface area contributed by atoms with Gasteiger partial charge in [-0.05, 0) is 25.1 Å². The van der Waals surface area contributed by atoms with Crippen molar-refractivity contribution in [3.05, 3.63) is 23.5 Å². The maximum Gasteiger partial charge on any atom is 0.137 e. The first-order chi connectivity index (χ1) is 6.34. The van der Waals surface area contributed by atoms with Gasteiger partial charge in [-0.2, -0.15) is 0 Å². The third-order valence-corrected chi connectivity index (χ3v) is 2.30. The molecule has 0 spiro atoms. The van der Waals surface area contributed by atoms with Crippen LogP contribution in [0.3, 0.4) is 0 Å². The molecule has 5 heteroatoms. The van der Waals surface area contributed by atoms with Gasteiger partial charge in [-0.3, -0.25) is 0 Å². The van der Waals surface area contributed by atoms with Gasteiger partial charge in [0.05, 0.1) is 6.20 Å². The fraction of sp³-hybridized carbons (Fsp3) is 0.444. The molecule has 0 radical (unpaired) electrons. The minimum Gasteiger partial charge on any atom is -0.490 e. The monoisotopic (exact) mass is 234 g/mol. The van der Waals surface area contributed by atoms with Crippen LogP contribution in [-0.4, -0.2) is 24.2 Å². The number of aromatic nitrogens is 1. The van der Waals surface area contributed by atoms with Gasteiger partial charge >= 0.3 is 0 Å². The van der Waals surface area contributed by atoms with Crippen LogP contribution in [0.15, 0.2) is 18.3 Å². The van der Waals surface area contributed by atoms with E-state index in [0.29, 0.717) is 17.8 Å². The smallest absolute Gasteiger partial charge is 0.137 e. The molecule has 1 aromatic heterocycles. The first kappa shape index (κ1) is 11.6. The molecule has 1 atom stereocenters. The fourth-order valence-electron chi connectivity index (χ4n) is 1.14. The summed E-state index contributed by atoms with van der Waals surface area (Å²) in [7, 11) is 0. The van der Waals surface area contributed by atoms with Crippen LogP contribution in [0.1, 0.15) is 6.42 Å². The first-order valence-electron chi connectivity index (χ1n) is 4.32. The van der Waals surface area contributed by atoms with E-state index in [1.54, 1.807) is 12.3 Å². The fourth-order valence-corrected chi connectivity index (χ4v) is 1.25. The Morgan fingerprint density at radius 2 is 2.36 bits per heavy atom. The van der Waals surface area contributed by atoms with Gasteiger partial charge < -0.3 is 10.1 Å². The van der Waals surface area contributed by atoms with Crippen molar-refractivity contribution in [2.45, 2.75) is 12.5 Å². The van der Waals surface area contributed by atoms with Gasteiger partial charge in [0.25, 0.3) is 0 Å². The van der Waals surface area contributed by atoms with Gasteiger partial charge in [-0.25, -0.2) is 4.98 Å². The Labute approximate surface area is 94.2 Å². The van der Waals surface area contributed by atoms with Crippen molar-refractivity contribution in [1.82, 2.24) is 10.3 Å². The normalized spacial score (nSPS) is 19.4. The molecule has 1 saturated heterocycles. The SMILES string of the molecule is Cl.Clc1ccc(OCC2CCN2)cn1. The Morgan fingerprint density at radius 1 is 1.57 bits per heavy atom. The van der Waals surface area contributed by atoms with Crippen LogP contribution in [0.2, 0.25) is 5.15 Å². The molecule has 1 aliphatic rings. The van der Waals surface area contributed by atoms with Gasteiger partial charge in [0.15, 0.2) is 0 Å². The summed E-state index contributed by atoms with van der Waals surface area (Å²) >= 11 is 5.63. The topological polar surface area (TPSA) is 34.1 Å². The molecule has 0 amide bonds. The van der Waals surface area contributed by atoms with Crippen molar-refractivity contribution in [1.29, 1.82) is 0 Å². The number of ether oxygens (including phenoxy) is 1. The zero-order valence-corrected chi connectivity index (χ0v) is 9.14. The second-order valence-corrected chi connectivity index (χ2v) is 3.45. The van der Waals surface area contributed by atoms with Crippen LogP contribution in [-0.2, 0) is 0 Å². The summed E-state index contributed by atoms with van der Waals surface area (Å²) in [6.45, 7) is 1.82. The summed E-state index contributed by atoms with van der Waals surface area (Å²) in [5.41, 5.74) is 0. The standard InChI is InChI=1S/C9H11ClN2O.ClH/c10-9-2-1-8(5-12-9)13-6-7-3-4-11-7;/h1-2,5,7,11H,3-4,6H2;1H. The summed E-state index contributed by atoms with van der Waals surface area (Å²) in [6.07, 6.45) is 2.84. The lowest BCUT2D eigenvalue weighted by molar-refractivity contribution is 0.217. The number of hydrogen-bond acceptors (Lipinski definition) is 3. The van der Waals surface area contributed by atoms with Gasteiger partial charge in [-0.1, -0.05) is 11.6 Å². The van der Waals surface area contributed by atoms with Gasteiger partial charge in [-0.15, -0.1) is 12.4 Å². The molecular weight excluding hydrogens is 223 g/mol. The first-order valence-corrected chi connectivity index (χ1v) is 4.70. The molecule has 1 fully saturated rings. The average molecular weight is 235 g/mol. The van der Waals surface area contributed by atoms with Crippen LogP contribution in [0.4, 0.5) is 0 Å². The van der Waals surface area contributed by atoms with Crippen LogP contribution in [0.5, 0.6) is 5.75 Å². The maximum absolute atomic E-state index is 5.63. The Balaban J connectivity index is 0.000000980. The van der Waals surface area contributed by atoms with E-state index in [2.05, 4.69) is 10.3 Å². The number of nitrogens with zero attached hydrogens (tertiary/aromatic N) is 1. The molecule has 0 aliphatic carbocycles. The lowest BCUT2D eigenvalue weighted by Gasteiger charge is -2.27. The predicted molar refractivity (Wildman–Crippen MR) is 58.4 cm³/mol. The Hall–Kier alpha value is -0.510. The molecule has 0 aromatic carbocycles. The highest BCUT2D eigenvalue weighted by atomic mass is 35.5. The molecule has 1 N–H and O–H groups in total. The number of pyridine rings is 1. The minimum absolute atomic E-state index is 0. The van der Waals surface area contributed by atoms with Gasteiger partial charge in [0, 0.05) is 6.04 Å². The molecule has 2 rings (SSSR count). The molecule has 0 bridgehead atoms. The van der Waals surface area contributed by atoms with Gasteiger partial charge in [0.2, 0.25) is 0 Å². The molecular formula is C9H12Cl2N2O. The summed E-state index contributed by atoms with van der Waals surface area (Å²) in [6, 6.07) is 4.06. The van der Waals surface area contributed by atoms with Crippen LogP contribution < -0.4 is 10.1 Å². The maximum atomic E-state index is 5.63. The molecule has 1 unspecified atom stereocenters. The molecule has 1 aliphatic heterocycles. The van der Waals surface area contributed by atoms with Crippen LogP contribution in [0, 0.1) is 0 Å². The highest BCUT2D eigenvalue weighted by Gasteiger charge is 2.16. The third kappa shape index (κ3) is 3.01. The third-order valence-electron chi connectivity index (χ3n) is 2.08. The predicted octanol–water partition coefficient (Wildman–Crippen LogP) is 1.90. The summed E-state index contributed by atoms with van der Waals surface area (Å²) in [4.78, 5) is 3.92. The highest BCUT2D eigenvalue weighted by Crippen LogP contribution is 2.13. The van der Waals surface area contributed by atoms with E-state index in [9.17, 15) is 0 Å².